The molecule has 2 rings (SSSR count). The molecule has 2 aliphatic carbocycles. The highest BCUT2D eigenvalue weighted by Crippen LogP contribution is 2.66. The molecule has 0 aliphatic heterocycles. The van der Waals surface area contributed by atoms with Crippen LogP contribution in [0, 0.1) is 16.7 Å². The maximum absolute atomic E-state index is 10.4. The first-order chi connectivity index (χ1) is 10.1. The van der Waals surface area contributed by atoms with Gasteiger partial charge in [0, 0.05) is 18.6 Å². The molecule has 4 atom stereocenters. The smallest absolute Gasteiger partial charge is 0.0900 e. The van der Waals surface area contributed by atoms with Gasteiger partial charge in [-0.25, -0.2) is 0 Å². The molecular formula is C19H37NO2. The first-order valence-corrected chi connectivity index (χ1v) is 9.15. The average Bonchev–Trinajstić information content (AvgIpc) is 2.74. The van der Waals surface area contributed by atoms with Gasteiger partial charge in [0.15, 0.2) is 0 Å². The molecular weight excluding hydrogens is 274 g/mol. The van der Waals surface area contributed by atoms with Crippen LogP contribution >= 0.6 is 0 Å². The first kappa shape index (κ1) is 18.2. The second-order valence-corrected chi connectivity index (χ2v) is 8.97. The SMILES string of the molecule is CC(C)N(C[C@@H](O)CO[C@@H]1C[C@@H]2CC[C@]1(C)C2(C)C)C(C)C. The normalized spacial score (nSPS) is 35.0. The monoisotopic (exact) mass is 311 g/mol. The molecule has 1 N–H and O–H groups in total. The molecule has 3 nitrogen and oxygen atoms in total. The fraction of sp³-hybridized carbons (Fsp3) is 1.00. The first-order valence-electron chi connectivity index (χ1n) is 9.15. The summed E-state index contributed by atoms with van der Waals surface area (Å²) in [5.41, 5.74) is 0.664. The zero-order chi connectivity index (χ0) is 16.7. The maximum Gasteiger partial charge on any atom is 0.0900 e. The van der Waals surface area contributed by atoms with E-state index in [0.717, 1.165) is 5.92 Å². The fourth-order valence-electron chi connectivity index (χ4n) is 4.92. The van der Waals surface area contributed by atoms with Crippen LogP contribution in [-0.4, -0.2) is 47.4 Å². The second kappa shape index (κ2) is 6.41. The lowest BCUT2D eigenvalue weighted by Gasteiger charge is -2.39. The van der Waals surface area contributed by atoms with Gasteiger partial charge in [-0.2, -0.15) is 0 Å². The number of hydrogen-bond acceptors (Lipinski definition) is 3. The number of hydrogen-bond donors (Lipinski definition) is 1. The minimum Gasteiger partial charge on any atom is -0.389 e. The maximum atomic E-state index is 10.4. The van der Waals surface area contributed by atoms with Gasteiger partial charge in [0.2, 0.25) is 0 Å². The summed E-state index contributed by atoms with van der Waals surface area (Å²) in [5.74, 6) is 0.794. The summed E-state index contributed by atoms with van der Waals surface area (Å²) in [6, 6.07) is 0.905. The molecule has 2 fully saturated rings. The highest BCUT2D eigenvalue weighted by molar-refractivity contribution is 5.11. The van der Waals surface area contributed by atoms with Gasteiger partial charge in [-0.3, -0.25) is 4.90 Å². The van der Waals surface area contributed by atoms with Gasteiger partial charge < -0.3 is 9.84 Å². The van der Waals surface area contributed by atoms with Crippen molar-refractivity contribution >= 4 is 0 Å². The van der Waals surface area contributed by atoms with Crippen molar-refractivity contribution in [2.45, 2.75) is 92.0 Å². The quantitative estimate of drug-likeness (QED) is 0.778. The number of nitrogens with zero attached hydrogens (tertiary/aromatic N) is 1. The molecule has 2 saturated carbocycles. The Labute approximate surface area is 137 Å². The predicted molar refractivity (Wildman–Crippen MR) is 92.0 cm³/mol. The average molecular weight is 312 g/mol. The van der Waals surface area contributed by atoms with E-state index in [1.807, 2.05) is 0 Å². The summed E-state index contributed by atoms with van der Waals surface area (Å²) >= 11 is 0. The Morgan fingerprint density at radius 3 is 2.14 bits per heavy atom. The lowest BCUT2D eigenvalue weighted by Crippen LogP contribution is -2.44. The molecule has 0 heterocycles. The van der Waals surface area contributed by atoms with E-state index in [9.17, 15) is 5.11 Å². The Kier molecular flexibility index (Phi) is 5.31. The minimum atomic E-state index is -0.393. The Morgan fingerprint density at radius 2 is 1.73 bits per heavy atom. The van der Waals surface area contributed by atoms with E-state index >= 15 is 0 Å². The zero-order valence-electron chi connectivity index (χ0n) is 15.7. The molecule has 0 aromatic rings. The lowest BCUT2D eigenvalue weighted by atomic mass is 9.70. The van der Waals surface area contributed by atoms with Gasteiger partial charge in [0.25, 0.3) is 0 Å². The fourth-order valence-corrected chi connectivity index (χ4v) is 4.92. The molecule has 3 heteroatoms. The van der Waals surface area contributed by atoms with E-state index in [-0.39, 0.29) is 5.41 Å². The standard InChI is InChI=1S/C19H37NO2/c1-13(2)20(14(3)4)11-16(21)12-22-17-10-15-8-9-19(17,7)18(15,5)6/h13-17,21H,8-12H2,1-7H3/t15-,16+,17+,19-/m0/s1. The van der Waals surface area contributed by atoms with Crippen LogP contribution in [0.1, 0.15) is 67.7 Å². The molecule has 0 unspecified atom stereocenters. The Balaban J connectivity index is 1.86. The second-order valence-electron chi connectivity index (χ2n) is 8.97. The van der Waals surface area contributed by atoms with Gasteiger partial charge in [-0.05, 0) is 63.7 Å². The third-order valence-corrected chi connectivity index (χ3v) is 6.95. The van der Waals surface area contributed by atoms with Crippen molar-refractivity contribution in [1.29, 1.82) is 0 Å². The van der Waals surface area contributed by atoms with Crippen LogP contribution in [0.2, 0.25) is 0 Å². The Bertz CT molecular complexity index is 372. The van der Waals surface area contributed by atoms with Crippen LogP contribution in [-0.2, 0) is 4.74 Å². The number of fused-ring (bicyclic) bond motifs is 2. The van der Waals surface area contributed by atoms with E-state index in [1.165, 1.54) is 19.3 Å². The van der Waals surface area contributed by atoms with Crippen LogP contribution in [0.5, 0.6) is 0 Å². The highest BCUT2D eigenvalue weighted by Gasteiger charge is 2.61. The molecule has 0 amide bonds. The molecule has 0 radical (unpaired) electrons. The Morgan fingerprint density at radius 1 is 1.14 bits per heavy atom. The zero-order valence-corrected chi connectivity index (χ0v) is 15.7. The summed E-state index contributed by atoms with van der Waals surface area (Å²) in [4.78, 5) is 2.33. The summed E-state index contributed by atoms with van der Waals surface area (Å²) < 4.78 is 6.22. The third kappa shape index (κ3) is 3.09. The molecule has 2 aliphatic rings. The molecule has 0 spiro atoms. The minimum absolute atomic E-state index is 0.285. The number of ether oxygens (including phenoxy) is 1. The number of aliphatic hydroxyl groups is 1. The van der Waals surface area contributed by atoms with Gasteiger partial charge in [-0.15, -0.1) is 0 Å². The summed E-state index contributed by atoms with van der Waals surface area (Å²) in [5, 5.41) is 10.4. The topological polar surface area (TPSA) is 32.7 Å². The van der Waals surface area contributed by atoms with Crippen molar-refractivity contribution in [2.75, 3.05) is 13.2 Å². The molecule has 22 heavy (non-hydrogen) atoms. The number of rotatable bonds is 7. The van der Waals surface area contributed by atoms with E-state index in [1.54, 1.807) is 0 Å². The number of aliphatic hydroxyl groups excluding tert-OH is 1. The van der Waals surface area contributed by atoms with Crippen LogP contribution in [0.3, 0.4) is 0 Å². The van der Waals surface area contributed by atoms with Gasteiger partial charge in [-0.1, -0.05) is 20.8 Å². The van der Waals surface area contributed by atoms with E-state index in [2.05, 4.69) is 53.4 Å². The van der Waals surface area contributed by atoms with Gasteiger partial charge in [0.05, 0.1) is 18.8 Å². The van der Waals surface area contributed by atoms with Crippen LogP contribution in [0.15, 0.2) is 0 Å². The summed E-state index contributed by atoms with van der Waals surface area (Å²) in [7, 11) is 0. The lowest BCUT2D eigenvalue weighted by molar-refractivity contribution is -0.0819. The predicted octanol–water partition coefficient (Wildman–Crippen LogP) is 3.70. The van der Waals surface area contributed by atoms with Crippen LogP contribution in [0.25, 0.3) is 0 Å². The molecule has 0 aromatic carbocycles. The van der Waals surface area contributed by atoms with Gasteiger partial charge >= 0.3 is 0 Å². The van der Waals surface area contributed by atoms with E-state index < -0.39 is 6.10 Å². The summed E-state index contributed by atoms with van der Waals surface area (Å²) in [6.45, 7) is 17.1. The van der Waals surface area contributed by atoms with E-state index in [4.69, 9.17) is 4.74 Å². The van der Waals surface area contributed by atoms with Crippen molar-refractivity contribution in [1.82, 2.24) is 4.90 Å². The molecule has 2 bridgehead atoms. The van der Waals surface area contributed by atoms with E-state index in [0.29, 0.717) is 36.8 Å². The largest absolute Gasteiger partial charge is 0.389 e. The van der Waals surface area contributed by atoms with Crippen molar-refractivity contribution in [3.63, 3.8) is 0 Å². The van der Waals surface area contributed by atoms with Crippen molar-refractivity contribution in [3.05, 3.63) is 0 Å². The van der Waals surface area contributed by atoms with Crippen molar-refractivity contribution in [3.8, 4) is 0 Å². The van der Waals surface area contributed by atoms with Crippen LogP contribution < -0.4 is 0 Å². The molecule has 0 saturated heterocycles. The Hall–Kier alpha value is -0.120. The third-order valence-electron chi connectivity index (χ3n) is 6.95. The van der Waals surface area contributed by atoms with Crippen LogP contribution in [0.4, 0.5) is 0 Å². The van der Waals surface area contributed by atoms with Crippen molar-refractivity contribution in [2.24, 2.45) is 16.7 Å². The molecule has 0 aromatic heterocycles. The summed E-state index contributed by atoms with van der Waals surface area (Å²) in [6.07, 6.45) is 3.72. The highest BCUT2D eigenvalue weighted by atomic mass is 16.5. The van der Waals surface area contributed by atoms with Crippen molar-refractivity contribution < 1.29 is 9.84 Å². The molecule has 130 valence electrons. The van der Waals surface area contributed by atoms with Gasteiger partial charge in [0.1, 0.15) is 0 Å².